The molecule has 180 valence electrons. The summed E-state index contributed by atoms with van der Waals surface area (Å²) >= 11 is 2.85. The molecule has 8 heteroatoms. The van der Waals surface area contributed by atoms with Crippen molar-refractivity contribution in [2.75, 3.05) is 6.61 Å². The number of unbranched alkanes of at least 4 members (excludes halogenated alkanes) is 14. The summed E-state index contributed by atoms with van der Waals surface area (Å²) in [7, 11) is -4.29. The van der Waals surface area contributed by atoms with Gasteiger partial charge < -0.3 is 19.6 Å². The molecule has 0 aliphatic carbocycles. The average Bonchev–Trinajstić information content (AvgIpc) is 2.68. The van der Waals surface area contributed by atoms with E-state index in [2.05, 4.69) is 22.9 Å². The van der Waals surface area contributed by atoms with Gasteiger partial charge in [-0.15, -0.1) is 0 Å². The first-order valence-corrected chi connectivity index (χ1v) is 14.4. The zero-order chi connectivity index (χ0) is 22.7. The van der Waals surface area contributed by atoms with E-state index < -0.39 is 18.3 Å². The van der Waals surface area contributed by atoms with Gasteiger partial charge in [-0.1, -0.05) is 113 Å². The molecule has 0 aliphatic rings. The highest BCUT2D eigenvalue weighted by Gasteiger charge is 2.28. The van der Waals surface area contributed by atoms with Crippen LogP contribution in [0, 0.1) is 0 Å². The predicted octanol–water partition coefficient (Wildman–Crippen LogP) is 6.44. The Morgan fingerprint density at radius 1 is 0.833 bits per heavy atom. The Morgan fingerprint density at radius 3 is 1.63 bits per heavy atom. The second-order valence-corrected chi connectivity index (χ2v) is 11.9. The molecule has 1 unspecified atom stereocenters. The lowest BCUT2D eigenvalue weighted by molar-refractivity contribution is -0.146. The first-order chi connectivity index (χ1) is 14.3. The van der Waals surface area contributed by atoms with Gasteiger partial charge in [0.05, 0.1) is 6.10 Å². The van der Waals surface area contributed by atoms with Gasteiger partial charge in [0.25, 0.3) is 0 Å². The number of alkyl halides is 1. The maximum absolute atomic E-state index is 11.7. The van der Waals surface area contributed by atoms with E-state index in [1.54, 1.807) is 0 Å². The molecule has 3 N–H and O–H groups in total. The molecule has 0 fully saturated rings. The quantitative estimate of drug-likeness (QED) is 0.0703. The van der Waals surface area contributed by atoms with Crippen molar-refractivity contribution < 1.29 is 29.0 Å². The molecular formula is C22H44BrO6P. The van der Waals surface area contributed by atoms with Crippen LogP contribution < -0.4 is 0 Å². The van der Waals surface area contributed by atoms with Gasteiger partial charge in [-0.3, -0.25) is 9.36 Å². The van der Waals surface area contributed by atoms with Crippen molar-refractivity contribution in [3.63, 3.8) is 0 Å². The average molecular weight is 515 g/mol. The molecule has 0 aromatic heterocycles. The molecular weight excluding hydrogens is 471 g/mol. The van der Waals surface area contributed by atoms with E-state index in [9.17, 15) is 14.5 Å². The summed E-state index contributed by atoms with van der Waals surface area (Å²) in [4.78, 5) is 29.6. The fraction of sp³-hybridized carbons (Fsp3) is 0.955. The van der Waals surface area contributed by atoms with E-state index in [1.165, 1.54) is 77.0 Å². The van der Waals surface area contributed by atoms with Crippen molar-refractivity contribution in [2.24, 2.45) is 0 Å². The van der Waals surface area contributed by atoms with Crippen LogP contribution in [0.15, 0.2) is 0 Å². The number of rotatable bonds is 21. The van der Waals surface area contributed by atoms with Gasteiger partial charge >= 0.3 is 13.6 Å². The SMILES string of the molecule is CCCCCCCCCCCCCCCCCC(=O)OC[C@@H](O)CC(Br)P(=O)(O)O. The molecule has 0 spiro atoms. The number of halogens is 1. The fourth-order valence-electron chi connectivity index (χ4n) is 3.33. The van der Waals surface area contributed by atoms with E-state index in [-0.39, 0.29) is 19.0 Å². The normalized spacial score (nSPS) is 13.9. The summed E-state index contributed by atoms with van der Waals surface area (Å²) in [5, 5.41) is 9.69. The van der Waals surface area contributed by atoms with Crippen LogP contribution in [0.3, 0.4) is 0 Å². The maximum atomic E-state index is 11.7. The Labute approximate surface area is 191 Å². The molecule has 0 saturated carbocycles. The van der Waals surface area contributed by atoms with Gasteiger partial charge in [-0.2, -0.15) is 0 Å². The number of hydrogen-bond acceptors (Lipinski definition) is 4. The van der Waals surface area contributed by atoms with Crippen molar-refractivity contribution >= 4 is 29.5 Å². The van der Waals surface area contributed by atoms with Gasteiger partial charge in [-0.25, -0.2) is 0 Å². The Bertz CT molecular complexity index is 457. The fourth-order valence-corrected chi connectivity index (χ4v) is 4.28. The Kier molecular flexibility index (Phi) is 19.8. The lowest BCUT2D eigenvalue weighted by Crippen LogP contribution is -2.22. The van der Waals surface area contributed by atoms with Crippen LogP contribution in [-0.2, 0) is 14.1 Å². The van der Waals surface area contributed by atoms with Crippen LogP contribution >= 0.6 is 23.5 Å². The summed E-state index contributed by atoms with van der Waals surface area (Å²) in [6.45, 7) is 2.02. The van der Waals surface area contributed by atoms with Crippen LogP contribution in [0.25, 0.3) is 0 Å². The molecule has 0 rings (SSSR count). The Hall–Kier alpha value is 0.0600. The second-order valence-electron chi connectivity index (χ2n) is 8.30. The molecule has 0 heterocycles. The highest BCUT2D eigenvalue weighted by Crippen LogP contribution is 2.46. The van der Waals surface area contributed by atoms with Gasteiger partial charge in [0.1, 0.15) is 11.2 Å². The number of aliphatic hydroxyl groups excluding tert-OH is 1. The van der Waals surface area contributed by atoms with E-state index in [0.717, 1.165) is 19.3 Å². The number of carbonyl (C=O) groups is 1. The molecule has 2 atom stereocenters. The smallest absolute Gasteiger partial charge is 0.339 e. The molecule has 30 heavy (non-hydrogen) atoms. The molecule has 0 amide bonds. The molecule has 0 aromatic rings. The van der Waals surface area contributed by atoms with E-state index in [4.69, 9.17) is 14.5 Å². The maximum Gasteiger partial charge on any atom is 0.339 e. The lowest BCUT2D eigenvalue weighted by atomic mass is 10.0. The number of aliphatic hydroxyl groups is 1. The van der Waals surface area contributed by atoms with Gasteiger partial charge in [0.2, 0.25) is 0 Å². The van der Waals surface area contributed by atoms with Crippen molar-refractivity contribution in [3.8, 4) is 0 Å². The summed E-state index contributed by atoms with van der Waals surface area (Å²) in [5.74, 6) is -0.369. The first-order valence-electron chi connectivity index (χ1n) is 11.8. The first kappa shape index (κ1) is 30.1. The number of esters is 1. The van der Waals surface area contributed by atoms with Crippen LogP contribution in [-0.4, -0.2) is 38.1 Å². The van der Waals surface area contributed by atoms with Crippen LogP contribution in [0.1, 0.15) is 116 Å². The topological polar surface area (TPSA) is 104 Å². The van der Waals surface area contributed by atoms with Crippen LogP contribution in [0.2, 0.25) is 0 Å². The van der Waals surface area contributed by atoms with Crippen LogP contribution in [0.5, 0.6) is 0 Å². The minimum Gasteiger partial charge on any atom is -0.463 e. The predicted molar refractivity (Wildman–Crippen MR) is 126 cm³/mol. The van der Waals surface area contributed by atoms with Crippen molar-refractivity contribution in [1.82, 2.24) is 0 Å². The summed E-state index contributed by atoms with van der Waals surface area (Å²) in [6.07, 6.45) is 18.1. The zero-order valence-corrected chi connectivity index (χ0v) is 21.3. The van der Waals surface area contributed by atoms with E-state index in [1.807, 2.05) is 0 Å². The largest absolute Gasteiger partial charge is 0.463 e. The molecule has 6 nitrogen and oxygen atoms in total. The number of carbonyl (C=O) groups excluding carboxylic acids is 1. The highest BCUT2D eigenvalue weighted by atomic mass is 79.9. The minimum atomic E-state index is -4.29. The summed E-state index contributed by atoms with van der Waals surface area (Å²) < 4.78 is 14.8. The highest BCUT2D eigenvalue weighted by molar-refractivity contribution is 9.10. The third-order valence-corrected chi connectivity index (χ3v) is 8.17. The Morgan fingerprint density at radius 2 is 1.23 bits per heavy atom. The summed E-state index contributed by atoms with van der Waals surface area (Å²) in [6, 6.07) is 0. The summed E-state index contributed by atoms with van der Waals surface area (Å²) in [5.41, 5.74) is 0. The molecule has 0 bridgehead atoms. The molecule has 0 saturated heterocycles. The molecule has 0 aromatic carbocycles. The van der Waals surface area contributed by atoms with Crippen molar-refractivity contribution in [1.29, 1.82) is 0 Å². The number of hydrogen-bond donors (Lipinski definition) is 3. The third kappa shape index (κ3) is 20.0. The van der Waals surface area contributed by atoms with Crippen LogP contribution in [0.4, 0.5) is 0 Å². The van der Waals surface area contributed by atoms with Gasteiger partial charge in [0.15, 0.2) is 0 Å². The van der Waals surface area contributed by atoms with Crippen molar-refractivity contribution in [3.05, 3.63) is 0 Å². The minimum absolute atomic E-state index is 0.170. The third-order valence-electron chi connectivity index (χ3n) is 5.25. The standard InChI is InChI=1S/C22H44BrO6P/c1-2-3-4-5-6-7-8-9-10-11-12-13-14-15-16-17-22(25)29-19-20(24)18-21(23)30(26,27)28/h20-21,24H,2-19H2,1H3,(H2,26,27,28)/t20-,21?/m0/s1. The molecule has 0 radical (unpaired) electrons. The van der Waals surface area contributed by atoms with E-state index >= 15 is 0 Å². The van der Waals surface area contributed by atoms with Gasteiger partial charge in [-0.05, 0) is 6.42 Å². The number of ether oxygens (including phenoxy) is 1. The Balaban J connectivity index is 3.38. The monoisotopic (exact) mass is 514 g/mol. The lowest BCUT2D eigenvalue weighted by Gasteiger charge is -2.16. The van der Waals surface area contributed by atoms with Crippen molar-refractivity contribution in [2.45, 2.75) is 127 Å². The van der Waals surface area contributed by atoms with Gasteiger partial charge in [0, 0.05) is 12.8 Å². The van der Waals surface area contributed by atoms with E-state index in [0.29, 0.717) is 6.42 Å². The second kappa shape index (κ2) is 19.7. The zero-order valence-electron chi connectivity index (χ0n) is 18.8. The molecule has 0 aliphatic heterocycles.